The van der Waals surface area contributed by atoms with E-state index in [0.29, 0.717) is 21.4 Å². The Kier molecular flexibility index (Phi) is 3.76. The van der Waals surface area contributed by atoms with Crippen molar-refractivity contribution in [3.8, 4) is 5.75 Å². The Labute approximate surface area is 126 Å². The highest BCUT2D eigenvalue weighted by Gasteiger charge is 2.23. The molecular weight excluding hydrogens is 297 g/mol. The van der Waals surface area contributed by atoms with Gasteiger partial charge in [-0.15, -0.1) is 11.8 Å². The van der Waals surface area contributed by atoms with E-state index in [1.165, 1.54) is 17.8 Å². The Balaban J connectivity index is 1.63. The maximum Gasteiger partial charge on any atom is 0.138 e. The van der Waals surface area contributed by atoms with Gasteiger partial charge in [0.25, 0.3) is 0 Å². The molecule has 0 saturated carbocycles. The van der Waals surface area contributed by atoms with Crippen LogP contribution in [0.25, 0.3) is 0 Å². The van der Waals surface area contributed by atoms with Gasteiger partial charge < -0.3 is 10.5 Å². The van der Waals surface area contributed by atoms with Crippen molar-refractivity contribution in [3.05, 3.63) is 52.8 Å². The highest BCUT2D eigenvalue weighted by molar-refractivity contribution is 7.99. The molecular formula is C15H13ClFNOS. The van der Waals surface area contributed by atoms with E-state index in [2.05, 4.69) is 0 Å². The van der Waals surface area contributed by atoms with Gasteiger partial charge in [0.1, 0.15) is 17.7 Å². The molecule has 5 heteroatoms. The quantitative estimate of drug-likeness (QED) is 0.683. The van der Waals surface area contributed by atoms with Crippen molar-refractivity contribution >= 4 is 29.1 Å². The zero-order chi connectivity index (χ0) is 14.1. The molecule has 1 unspecified atom stereocenters. The summed E-state index contributed by atoms with van der Waals surface area (Å²) < 4.78 is 19.5. The number of hydrogen-bond acceptors (Lipinski definition) is 3. The molecule has 2 nitrogen and oxygen atoms in total. The van der Waals surface area contributed by atoms with Crippen LogP contribution >= 0.6 is 23.4 Å². The summed E-state index contributed by atoms with van der Waals surface area (Å²) in [5.74, 6) is 1.28. The lowest BCUT2D eigenvalue weighted by Gasteiger charge is -2.10. The third-order valence-corrected chi connectivity index (χ3v) is 4.56. The number of nitrogen functional groups attached to an aromatic ring is 1. The van der Waals surface area contributed by atoms with E-state index in [1.54, 1.807) is 12.1 Å². The van der Waals surface area contributed by atoms with Crippen molar-refractivity contribution < 1.29 is 9.13 Å². The minimum Gasteiger partial charge on any atom is -0.489 e. The van der Waals surface area contributed by atoms with Gasteiger partial charge in [-0.1, -0.05) is 11.6 Å². The molecule has 104 valence electrons. The third kappa shape index (κ3) is 2.86. The topological polar surface area (TPSA) is 35.2 Å². The second-order valence-electron chi connectivity index (χ2n) is 4.70. The Morgan fingerprint density at radius 2 is 2.15 bits per heavy atom. The number of nitrogens with two attached hydrogens (primary N) is 1. The number of fused-ring (bicyclic) bond motifs is 1. The first-order valence-corrected chi connectivity index (χ1v) is 7.61. The van der Waals surface area contributed by atoms with Gasteiger partial charge in [0.2, 0.25) is 0 Å². The van der Waals surface area contributed by atoms with E-state index in [-0.39, 0.29) is 11.9 Å². The van der Waals surface area contributed by atoms with Crippen LogP contribution in [-0.2, 0) is 6.42 Å². The molecule has 0 aromatic heterocycles. The minimum atomic E-state index is -0.284. The fourth-order valence-electron chi connectivity index (χ4n) is 2.20. The van der Waals surface area contributed by atoms with E-state index in [9.17, 15) is 4.39 Å². The molecule has 0 fully saturated rings. The molecule has 0 aliphatic carbocycles. The number of benzene rings is 2. The van der Waals surface area contributed by atoms with Crippen LogP contribution in [0.3, 0.4) is 0 Å². The highest BCUT2D eigenvalue weighted by Crippen LogP contribution is 2.34. The number of halogens is 2. The molecule has 3 rings (SSSR count). The summed E-state index contributed by atoms with van der Waals surface area (Å²) in [6, 6.07) is 10.4. The van der Waals surface area contributed by atoms with Crippen LogP contribution in [0.5, 0.6) is 5.75 Å². The zero-order valence-corrected chi connectivity index (χ0v) is 12.2. The van der Waals surface area contributed by atoms with Crippen LogP contribution in [0, 0.1) is 5.82 Å². The first-order chi connectivity index (χ1) is 9.61. The molecule has 0 saturated heterocycles. The van der Waals surface area contributed by atoms with Gasteiger partial charge in [0, 0.05) is 27.8 Å². The van der Waals surface area contributed by atoms with Crippen LogP contribution < -0.4 is 10.5 Å². The van der Waals surface area contributed by atoms with Gasteiger partial charge in [0.05, 0.1) is 0 Å². The van der Waals surface area contributed by atoms with Gasteiger partial charge in [-0.3, -0.25) is 0 Å². The van der Waals surface area contributed by atoms with Crippen LogP contribution in [0.4, 0.5) is 10.1 Å². The Bertz CT molecular complexity index is 650. The molecule has 20 heavy (non-hydrogen) atoms. The van der Waals surface area contributed by atoms with Gasteiger partial charge in [0.15, 0.2) is 0 Å². The number of ether oxygens (including phenoxy) is 1. The van der Waals surface area contributed by atoms with E-state index in [1.807, 2.05) is 18.2 Å². The second-order valence-corrected chi connectivity index (χ2v) is 6.20. The smallest absolute Gasteiger partial charge is 0.138 e. The van der Waals surface area contributed by atoms with E-state index in [4.69, 9.17) is 22.1 Å². The normalized spacial score (nSPS) is 16.8. The Morgan fingerprint density at radius 3 is 2.95 bits per heavy atom. The van der Waals surface area contributed by atoms with E-state index in [0.717, 1.165) is 17.7 Å². The predicted molar refractivity (Wildman–Crippen MR) is 81.1 cm³/mol. The monoisotopic (exact) mass is 309 g/mol. The van der Waals surface area contributed by atoms with Crippen molar-refractivity contribution in [2.24, 2.45) is 0 Å². The number of thioether (sulfide) groups is 1. The van der Waals surface area contributed by atoms with Crippen molar-refractivity contribution in [2.75, 3.05) is 11.5 Å². The number of hydrogen-bond donors (Lipinski definition) is 1. The van der Waals surface area contributed by atoms with Crippen molar-refractivity contribution in [1.82, 2.24) is 0 Å². The zero-order valence-electron chi connectivity index (χ0n) is 10.6. The minimum absolute atomic E-state index is 0.0467. The summed E-state index contributed by atoms with van der Waals surface area (Å²) in [6.45, 7) is 0. The largest absolute Gasteiger partial charge is 0.489 e. The summed E-state index contributed by atoms with van der Waals surface area (Å²) in [5, 5.41) is 0.713. The van der Waals surface area contributed by atoms with Gasteiger partial charge >= 0.3 is 0 Å². The molecule has 2 N–H and O–H groups in total. The van der Waals surface area contributed by atoms with Crippen LogP contribution in [0.15, 0.2) is 41.3 Å². The lowest BCUT2D eigenvalue weighted by Crippen LogP contribution is -2.15. The van der Waals surface area contributed by atoms with Crippen LogP contribution in [-0.4, -0.2) is 11.9 Å². The lowest BCUT2D eigenvalue weighted by molar-refractivity contribution is 0.259. The average molecular weight is 310 g/mol. The molecule has 0 radical (unpaired) electrons. The molecule has 1 aliphatic heterocycles. The number of anilines is 1. The van der Waals surface area contributed by atoms with E-state index < -0.39 is 0 Å². The molecule has 2 aromatic carbocycles. The molecule has 1 atom stereocenters. The standard InChI is InChI=1S/C15H13ClFNOS/c16-10-1-3-14-9(5-10)6-12(19-14)8-20-15-4-2-11(18)7-13(15)17/h1-5,7,12H,6,8,18H2. The summed E-state index contributed by atoms with van der Waals surface area (Å²) in [5.41, 5.74) is 7.08. The molecule has 0 amide bonds. The van der Waals surface area contributed by atoms with Crippen LogP contribution in [0.2, 0.25) is 5.02 Å². The van der Waals surface area contributed by atoms with E-state index >= 15 is 0 Å². The number of rotatable bonds is 3. The molecule has 1 heterocycles. The van der Waals surface area contributed by atoms with Crippen LogP contribution in [0.1, 0.15) is 5.56 Å². The second kappa shape index (κ2) is 5.54. The van der Waals surface area contributed by atoms with Gasteiger partial charge in [-0.2, -0.15) is 0 Å². The highest BCUT2D eigenvalue weighted by atomic mass is 35.5. The summed E-state index contributed by atoms with van der Waals surface area (Å²) in [6.07, 6.45) is 0.852. The maximum atomic E-state index is 13.7. The molecule has 0 spiro atoms. The first kappa shape index (κ1) is 13.6. The molecule has 0 bridgehead atoms. The van der Waals surface area contributed by atoms with Crippen molar-refractivity contribution in [3.63, 3.8) is 0 Å². The SMILES string of the molecule is Nc1ccc(SCC2Cc3cc(Cl)ccc3O2)c(F)c1. The first-order valence-electron chi connectivity index (χ1n) is 6.25. The third-order valence-electron chi connectivity index (χ3n) is 3.14. The average Bonchev–Trinajstić information content (AvgIpc) is 2.79. The fourth-order valence-corrected chi connectivity index (χ4v) is 3.31. The molecule has 1 aliphatic rings. The Morgan fingerprint density at radius 1 is 1.30 bits per heavy atom. The maximum absolute atomic E-state index is 13.7. The Hall–Kier alpha value is -1.39. The summed E-state index contributed by atoms with van der Waals surface area (Å²) in [4.78, 5) is 0.594. The van der Waals surface area contributed by atoms with Crippen molar-refractivity contribution in [2.45, 2.75) is 17.4 Å². The molecule has 2 aromatic rings. The van der Waals surface area contributed by atoms with Gasteiger partial charge in [-0.25, -0.2) is 4.39 Å². The summed E-state index contributed by atoms with van der Waals surface area (Å²) >= 11 is 7.40. The lowest BCUT2D eigenvalue weighted by atomic mass is 10.1. The summed E-state index contributed by atoms with van der Waals surface area (Å²) in [7, 11) is 0. The van der Waals surface area contributed by atoms with Crippen molar-refractivity contribution in [1.29, 1.82) is 0 Å². The predicted octanol–water partition coefficient (Wildman–Crippen LogP) is 4.16. The van der Waals surface area contributed by atoms with Gasteiger partial charge in [-0.05, 0) is 42.0 Å². The fraction of sp³-hybridized carbons (Fsp3) is 0.200.